The summed E-state index contributed by atoms with van der Waals surface area (Å²) in [6, 6.07) is 6.95. The van der Waals surface area contributed by atoms with E-state index in [2.05, 4.69) is 6.92 Å². The third kappa shape index (κ3) is 4.06. The van der Waals surface area contributed by atoms with Crippen LogP contribution in [0.1, 0.15) is 54.9 Å². The molecule has 0 aromatic heterocycles. The molecule has 1 N–H and O–H groups in total. The lowest BCUT2D eigenvalue weighted by molar-refractivity contribution is 0.00175. The van der Waals surface area contributed by atoms with Gasteiger partial charge in [-0.1, -0.05) is 38.3 Å². The number of hydrogen-bond acceptors (Lipinski definition) is 2. The van der Waals surface area contributed by atoms with Gasteiger partial charge in [0.05, 0.1) is 18.3 Å². The summed E-state index contributed by atoms with van der Waals surface area (Å²) in [4.78, 5) is 10.8. The second-order valence-electron chi connectivity index (χ2n) is 5.38. The van der Waals surface area contributed by atoms with Gasteiger partial charge in [-0.05, 0) is 36.5 Å². The average molecular weight is 262 g/mol. The molecule has 3 nitrogen and oxygen atoms in total. The molecule has 2 atom stereocenters. The molecule has 0 heterocycles. The first-order chi connectivity index (χ1) is 9.19. The van der Waals surface area contributed by atoms with Gasteiger partial charge < -0.3 is 9.84 Å². The van der Waals surface area contributed by atoms with Gasteiger partial charge >= 0.3 is 5.97 Å². The second-order valence-corrected chi connectivity index (χ2v) is 5.38. The molecule has 0 bridgehead atoms. The van der Waals surface area contributed by atoms with Crippen LogP contribution in [0.25, 0.3) is 0 Å². The van der Waals surface area contributed by atoms with Crippen LogP contribution in [0.2, 0.25) is 0 Å². The van der Waals surface area contributed by atoms with Crippen molar-refractivity contribution in [1.82, 2.24) is 0 Å². The van der Waals surface area contributed by atoms with E-state index in [1.54, 1.807) is 12.1 Å². The summed E-state index contributed by atoms with van der Waals surface area (Å²) in [5.74, 6) is -0.0707. The number of benzene rings is 1. The zero-order chi connectivity index (χ0) is 13.7. The molecule has 3 heteroatoms. The topological polar surface area (TPSA) is 46.5 Å². The van der Waals surface area contributed by atoms with Gasteiger partial charge in [0.15, 0.2) is 0 Å². The number of carboxylic acid groups (broad SMARTS) is 1. The first kappa shape index (κ1) is 14.1. The summed E-state index contributed by atoms with van der Waals surface area (Å²) >= 11 is 0. The number of hydrogen-bond donors (Lipinski definition) is 1. The highest BCUT2D eigenvalue weighted by atomic mass is 16.5. The van der Waals surface area contributed by atoms with Crippen LogP contribution in [0.5, 0.6) is 0 Å². The van der Waals surface area contributed by atoms with Crippen molar-refractivity contribution in [2.45, 2.75) is 51.7 Å². The lowest BCUT2D eigenvalue weighted by Gasteiger charge is -2.28. The van der Waals surface area contributed by atoms with Crippen LogP contribution in [0, 0.1) is 5.92 Å². The van der Waals surface area contributed by atoms with Crippen LogP contribution in [0.3, 0.4) is 0 Å². The van der Waals surface area contributed by atoms with Crippen molar-refractivity contribution in [2.75, 3.05) is 0 Å². The molecule has 1 saturated carbocycles. The van der Waals surface area contributed by atoms with E-state index in [9.17, 15) is 4.79 Å². The fourth-order valence-corrected chi connectivity index (χ4v) is 2.72. The molecule has 0 saturated heterocycles. The Kier molecular flexibility index (Phi) is 4.97. The van der Waals surface area contributed by atoms with E-state index in [1.807, 2.05) is 12.1 Å². The Hall–Kier alpha value is -1.35. The highest BCUT2D eigenvalue weighted by Gasteiger charge is 2.21. The van der Waals surface area contributed by atoms with E-state index < -0.39 is 5.97 Å². The lowest BCUT2D eigenvalue weighted by Crippen LogP contribution is -2.22. The first-order valence-corrected chi connectivity index (χ1v) is 7.13. The zero-order valence-electron chi connectivity index (χ0n) is 11.5. The third-order valence-corrected chi connectivity index (χ3v) is 4.00. The van der Waals surface area contributed by atoms with Crippen molar-refractivity contribution in [3.05, 3.63) is 35.4 Å². The Bertz CT molecular complexity index is 411. The number of carbonyl (C=O) groups is 1. The summed E-state index contributed by atoms with van der Waals surface area (Å²) in [5, 5.41) is 8.83. The Morgan fingerprint density at radius 3 is 2.68 bits per heavy atom. The minimum atomic E-state index is -0.884. The highest BCUT2D eigenvalue weighted by molar-refractivity contribution is 5.87. The van der Waals surface area contributed by atoms with E-state index in [0.717, 1.165) is 17.9 Å². The van der Waals surface area contributed by atoms with Gasteiger partial charge in [-0.3, -0.25) is 0 Å². The molecule has 104 valence electrons. The van der Waals surface area contributed by atoms with Crippen LogP contribution in [0.15, 0.2) is 24.3 Å². The summed E-state index contributed by atoms with van der Waals surface area (Å²) < 4.78 is 5.95. The highest BCUT2D eigenvalue weighted by Crippen LogP contribution is 2.28. The van der Waals surface area contributed by atoms with Crippen molar-refractivity contribution < 1.29 is 14.6 Å². The molecule has 1 aliphatic carbocycles. The maximum Gasteiger partial charge on any atom is 0.335 e. The summed E-state index contributed by atoms with van der Waals surface area (Å²) in [6.07, 6.45) is 6.55. The normalized spacial score (nSPS) is 23.2. The molecular weight excluding hydrogens is 240 g/mol. The zero-order valence-corrected chi connectivity index (χ0v) is 11.5. The van der Waals surface area contributed by atoms with E-state index in [0.29, 0.717) is 18.3 Å². The number of rotatable bonds is 5. The van der Waals surface area contributed by atoms with Crippen LogP contribution in [-0.4, -0.2) is 17.2 Å². The van der Waals surface area contributed by atoms with Gasteiger partial charge in [0.2, 0.25) is 0 Å². The first-order valence-electron chi connectivity index (χ1n) is 7.13. The molecule has 0 amide bonds. The number of aromatic carboxylic acids is 1. The molecule has 2 unspecified atom stereocenters. The molecule has 2 rings (SSSR count). The Labute approximate surface area is 114 Å². The number of carboxylic acids is 1. The number of ether oxygens (including phenoxy) is 1. The molecule has 1 aromatic carbocycles. The van der Waals surface area contributed by atoms with Crippen LogP contribution < -0.4 is 0 Å². The molecular formula is C16H22O3. The monoisotopic (exact) mass is 262 g/mol. The molecule has 0 aliphatic heterocycles. The van der Waals surface area contributed by atoms with Gasteiger partial charge in [0.1, 0.15) is 0 Å². The predicted molar refractivity (Wildman–Crippen MR) is 74.2 cm³/mol. The molecule has 1 fully saturated rings. The molecule has 1 aromatic rings. The van der Waals surface area contributed by atoms with Crippen molar-refractivity contribution in [2.24, 2.45) is 5.92 Å². The summed E-state index contributed by atoms with van der Waals surface area (Å²) in [7, 11) is 0. The van der Waals surface area contributed by atoms with Crippen molar-refractivity contribution in [3.8, 4) is 0 Å². The van der Waals surface area contributed by atoms with Gasteiger partial charge in [-0.2, -0.15) is 0 Å². The fraction of sp³-hybridized carbons (Fsp3) is 0.562. The van der Waals surface area contributed by atoms with Gasteiger partial charge in [0.25, 0.3) is 0 Å². The standard InChI is InChI=1S/C16H22O3/c1-2-12-4-3-5-15(10-12)19-11-13-6-8-14(9-7-13)16(17)18/h6-9,12,15H,2-5,10-11H2,1H3,(H,17,18). The molecule has 0 spiro atoms. The van der Waals surface area contributed by atoms with E-state index >= 15 is 0 Å². The molecule has 19 heavy (non-hydrogen) atoms. The fourth-order valence-electron chi connectivity index (χ4n) is 2.72. The summed E-state index contributed by atoms with van der Waals surface area (Å²) in [6.45, 7) is 2.83. The van der Waals surface area contributed by atoms with Gasteiger partial charge in [-0.25, -0.2) is 4.79 Å². The minimum Gasteiger partial charge on any atom is -0.478 e. The van der Waals surface area contributed by atoms with Crippen molar-refractivity contribution in [3.63, 3.8) is 0 Å². The Morgan fingerprint density at radius 1 is 1.32 bits per heavy atom. The summed E-state index contributed by atoms with van der Waals surface area (Å²) in [5.41, 5.74) is 1.37. The Morgan fingerprint density at radius 2 is 2.05 bits per heavy atom. The smallest absolute Gasteiger partial charge is 0.335 e. The maximum absolute atomic E-state index is 10.8. The second kappa shape index (κ2) is 6.71. The maximum atomic E-state index is 10.8. The van der Waals surface area contributed by atoms with Crippen LogP contribution in [0.4, 0.5) is 0 Å². The Balaban J connectivity index is 1.83. The van der Waals surface area contributed by atoms with Crippen molar-refractivity contribution in [1.29, 1.82) is 0 Å². The largest absolute Gasteiger partial charge is 0.478 e. The van der Waals surface area contributed by atoms with E-state index in [4.69, 9.17) is 9.84 Å². The minimum absolute atomic E-state index is 0.326. The van der Waals surface area contributed by atoms with Gasteiger partial charge in [0, 0.05) is 0 Å². The third-order valence-electron chi connectivity index (χ3n) is 4.00. The lowest BCUT2D eigenvalue weighted by atomic mass is 9.85. The van der Waals surface area contributed by atoms with Crippen LogP contribution >= 0.6 is 0 Å². The van der Waals surface area contributed by atoms with Crippen molar-refractivity contribution >= 4 is 5.97 Å². The molecule has 1 aliphatic rings. The van der Waals surface area contributed by atoms with Gasteiger partial charge in [-0.15, -0.1) is 0 Å². The predicted octanol–water partition coefficient (Wildman–Crippen LogP) is 3.87. The SMILES string of the molecule is CCC1CCCC(OCc2ccc(C(=O)O)cc2)C1. The quantitative estimate of drug-likeness (QED) is 0.876. The van der Waals surface area contributed by atoms with Crippen LogP contribution in [-0.2, 0) is 11.3 Å². The van der Waals surface area contributed by atoms with E-state index in [-0.39, 0.29) is 0 Å². The van der Waals surface area contributed by atoms with E-state index in [1.165, 1.54) is 25.7 Å². The average Bonchev–Trinajstić information content (AvgIpc) is 2.46. The molecule has 0 radical (unpaired) electrons.